The van der Waals surface area contributed by atoms with Gasteiger partial charge in [0.25, 0.3) is 0 Å². The summed E-state index contributed by atoms with van der Waals surface area (Å²) < 4.78 is 10.5. The maximum atomic E-state index is 5.53. The van der Waals surface area contributed by atoms with Gasteiger partial charge in [-0.1, -0.05) is 18.2 Å². The molecule has 1 rings (SSSR count). The van der Waals surface area contributed by atoms with Gasteiger partial charge >= 0.3 is 0 Å². The lowest BCUT2D eigenvalue weighted by Gasteiger charge is -2.09. The van der Waals surface area contributed by atoms with E-state index in [1.807, 2.05) is 24.3 Å². The standard InChI is InChI=1S/C14H20ClNO2/c1-17-13-6-5-12(11-14(13)18-2)7-10-16-9-4-3-8-15/h3-6,11,16H,7-10H2,1-2H3/b4-3+. The molecule has 0 heterocycles. The minimum Gasteiger partial charge on any atom is -0.493 e. The quantitative estimate of drug-likeness (QED) is 0.447. The lowest BCUT2D eigenvalue weighted by molar-refractivity contribution is 0.354. The fourth-order valence-electron chi connectivity index (χ4n) is 1.60. The van der Waals surface area contributed by atoms with Crippen LogP contribution < -0.4 is 14.8 Å². The van der Waals surface area contributed by atoms with E-state index >= 15 is 0 Å². The third-order valence-corrected chi connectivity index (χ3v) is 2.73. The van der Waals surface area contributed by atoms with Crippen molar-refractivity contribution in [3.8, 4) is 11.5 Å². The van der Waals surface area contributed by atoms with E-state index < -0.39 is 0 Å². The van der Waals surface area contributed by atoms with E-state index in [2.05, 4.69) is 11.4 Å². The number of methoxy groups -OCH3 is 2. The monoisotopic (exact) mass is 269 g/mol. The van der Waals surface area contributed by atoms with Crippen LogP contribution in [0.4, 0.5) is 0 Å². The minimum absolute atomic E-state index is 0.567. The van der Waals surface area contributed by atoms with Crippen LogP contribution in [0.25, 0.3) is 0 Å². The maximum absolute atomic E-state index is 5.53. The Bertz CT molecular complexity index is 380. The van der Waals surface area contributed by atoms with E-state index in [0.717, 1.165) is 31.0 Å². The second kappa shape index (κ2) is 8.84. The van der Waals surface area contributed by atoms with E-state index in [9.17, 15) is 0 Å². The third kappa shape index (κ3) is 4.98. The first-order valence-corrected chi connectivity index (χ1v) is 6.48. The van der Waals surface area contributed by atoms with E-state index in [0.29, 0.717) is 5.88 Å². The number of ether oxygens (including phenoxy) is 2. The van der Waals surface area contributed by atoms with Crippen LogP contribution in [0, 0.1) is 0 Å². The van der Waals surface area contributed by atoms with Gasteiger partial charge in [0.15, 0.2) is 11.5 Å². The molecule has 0 spiro atoms. The van der Waals surface area contributed by atoms with Crippen LogP contribution >= 0.6 is 11.6 Å². The Hall–Kier alpha value is -1.19. The van der Waals surface area contributed by atoms with Gasteiger partial charge in [0, 0.05) is 12.4 Å². The molecule has 0 amide bonds. The van der Waals surface area contributed by atoms with E-state index in [1.54, 1.807) is 14.2 Å². The first kappa shape index (κ1) is 14.9. The summed E-state index contributed by atoms with van der Waals surface area (Å²) in [6, 6.07) is 5.99. The summed E-state index contributed by atoms with van der Waals surface area (Å²) in [5, 5.41) is 3.32. The molecule has 1 aromatic carbocycles. The first-order valence-electron chi connectivity index (χ1n) is 5.94. The normalized spacial score (nSPS) is 10.8. The largest absolute Gasteiger partial charge is 0.493 e. The molecule has 0 aromatic heterocycles. The summed E-state index contributed by atoms with van der Waals surface area (Å²) in [6.07, 6.45) is 4.92. The minimum atomic E-state index is 0.567. The Morgan fingerprint density at radius 2 is 1.94 bits per heavy atom. The Morgan fingerprint density at radius 3 is 2.61 bits per heavy atom. The molecule has 0 saturated heterocycles. The molecular weight excluding hydrogens is 250 g/mol. The van der Waals surface area contributed by atoms with Crippen molar-refractivity contribution in [3.63, 3.8) is 0 Å². The lowest BCUT2D eigenvalue weighted by atomic mass is 10.1. The second-order valence-corrected chi connectivity index (χ2v) is 4.08. The first-order chi connectivity index (χ1) is 8.81. The summed E-state index contributed by atoms with van der Waals surface area (Å²) in [7, 11) is 3.29. The van der Waals surface area contributed by atoms with Crippen LogP contribution in [0.2, 0.25) is 0 Å². The highest BCUT2D eigenvalue weighted by Gasteiger charge is 2.03. The molecule has 0 fully saturated rings. The van der Waals surface area contributed by atoms with Gasteiger partial charge in [-0.2, -0.15) is 0 Å². The van der Waals surface area contributed by atoms with Gasteiger partial charge < -0.3 is 14.8 Å². The Balaban J connectivity index is 2.40. The van der Waals surface area contributed by atoms with Crippen LogP contribution in [0.15, 0.2) is 30.4 Å². The van der Waals surface area contributed by atoms with Gasteiger partial charge in [-0.3, -0.25) is 0 Å². The molecule has 18 heavy (non-hydrogen) atoms. The number of rotatable bonds is 8. The predicted molar refractivity (Wildman–Crippen MR) is 76.0 cm³/mol. The predicted octanol–water partition coefficient (Wildman–Crippen LogP) is 2.63. The van der Waals surface area contributed by atoms with Gasteiger partial charge in [0.2, 0.25) is 0 Å². The highest BCUT2D eigenvalue weighted by Crippen LogP contribution is 2.27. The lowest BCUT2D eigenvalue weighted by Crippen LogP contribution is -2.17. The van der Waals surface area contributed by atoms with E-state index in [-0.39, 0.29) is 0 Å². The number of hydrogen-bond acceptors (Lipinski definition) is 3. The molecule has 0 bridgehead atoms. The van der Waals surface area contributed by atoms with Crippen molar-refractivity contribution in [2.24, 2.45) is 0 Å². The van der Waals surface area contributed by atoms with Crippen molar-refractivity contribution >= 4 is 11.6 Å². The van der Waals surface area contributed by atoms with Gasteiger partial charge in [0.1, 0.15) is 0 Å². The molecular formula is C14H20ClNO2. The van der Waals surface area contributed by atoms with Crippen LogP contribution in [0.1, 0.15) is 5.56 Å². The summed E-state index contributed by atoms with van der Waals surface area (Å²) in [4.78, 5) is 0. The van der Waals surface area contributed by atoms with Gasteiger partial charge in [-0.15, -0.1) is 11.6 Å². The number of halogens is 1. The third-order valence-electron chi connectivity index (χ3n) is 2.56. The number of nitrogens with one attached hydrogen (secondary N) is 1. The fourth-order valence-corrected chi connectivity index (χ4v) is 1.73. The Morgan fingerprint density at radius 1 is 1.17 bits per heavy atom. The zero-order valence-electron chi connectivity index (χ0n) is 10.9. The fraction of sp³-hybridized carbons (Fsp3) is 0.429. The van der Waals surface area contributed by atoms with E-state index in [4.69, 9.17) is 21.1 Å². The average Bonchev–Trinajstić information content (AvgIpc) is 2.42. The second-order valence-electron chi connectivity index (χ2n) is 3.77. The summed E-state index contributed by atoms with van der Waals surface area (Å²) in [5.41, 5.74) is 1.22. The zero-order chi connectivity index (χ0) is 13.2. The molecule has 100 valence electrons. The van der Waals surface area contributed by atoms with Crippen molar-refractivity contribution in [1.29, 1.82) is 0 Å². The molecule has 3 nitrogen and oxygen atoms in total. The molecule has 0 radical (unpaired) electrons. The molecule has 1 aromatic rings. The van der Waals surface area contributed by atoms with Crippen molar-refractivity contribution in [3.05, 3.63) is 35.9 Å². The average molecular weight is 270 g/mol. The Labute approximate surface area is 114 Å². The molecule has 0 unspecified atom stereocenters. The molecule has 0 saturated carbocycles. The molecule has 0 atom stereocenters. The van der Waals surface area contributed by atoms with Crippen LogP contribution in [-0.4, -0.2) is 33.2 Å². The number of hydrogen-bond donors (Lipinski definition) is 1. The Kier molecular flexibility index (Phi) is 7.30. The molecule has 4 heteroatoms. The van der Waals surface area contributed by atoms with Crippen LogP contribution in [0.3, 0.4) is 0 Å². The molecule has 0 aliphatic carbocycles. The SMILES string of the molecule is COc1ccc(CCNC/C=C/CCl)cc1OC. The highest BCUT2D eigenvalue weighted by atomic mass is 35.5. The van der Waals surface area contributed by atoms with E-state index in [1.165, 1.54) is 5.56 Å². The number of alkyl halides is 1. The van der Waals surface area contributed by atoms with Gasteiger partial charge in [0.05, 0.1) is 14.2 Å². The smallest absolute Gasteiger partial charge is 0.160 e. The number of benzene rings is 1. The number of allylic oxidation sites excluding steroid dienone is 1. The van der Waals surface area contributed by atoms with Crippen molar-refractivity contribution in [2.45, 2.75) is 6.42 Å². The molecule has 0 aliphatic heterocycles. The van der Waals surface area contributed by atoms with Gasteiger partial charge in [-0.05, 0) is 30.7 Å². The van der Waals surface area contributed by atoms with Gasteiger partial charge in [-0.25, -0.2) is 0 Å². The summed E-state index contributed by atoms with van der Waals surface area (Å²) in [6.45, 7) is 1.77. The maximum Gasteiger partial charge on any atom is 0.160 e. The summed E-state index contributed by atoms with van der Waals surface area (Å²) >= 11 is 5.53. The van der Waals surface area contributed by atoms with Crippen molar-refractivity contribution < 1.29 is 9.47 Å². The van der Waals surface area contributed by atoms with Crippen molar-refractivity contribution in [2.75, 3.05) is 33.2 Å². The van der Waals surface area contributed by atoms with Crippen LogP contribution in [-0.2, 0) is 6.42 Å². The topological polar surface area (TPSA) is 30.5 Å². The van der Waals surface area contributed by atoms with Crippen molar-refractivity contribution in [1.82, 2.24) is 5.32 Å². The zero-order valence-corrected chi connectivity index (χ0v) is 11.7. The van der Waals surface area contributed by atoms with Crippen LogP contribution in [0.5, 0.6) is 11.5 Å². The molecule has 0 aliphatic rings. The highest BCUT2D eigenvalue weighted by molar-refractivity contribution is 6.18. The molecule has 1 N–H and O–H groups in total. The summed E-state index contributed by atoms with van der Waals surface area (Å²) in [5.74, 6) is 2.11.